The van der Waals surface area contributed by atoms with Gasteiger partial charge in [0.1, 0.15) is 6.61 Å². The van der Waals surface area contributed by atoms with E-state index >= 15 is 0 Å². The molecule has 2 saturated heterocycles. The second-order valence-corrected chi connectivity index (χ2v) is 7.66. The van der Waals surface area contributed by atoms with Gasteiger partial charge in [-0.15, -0.1) is 0 Å². The molecule has 1 atom stereocenters. The molecule has 0 bridgehead atoms. The minimum absolute atomic E-state index is 0.0231. The van der Waals surface area contributed by atoms with E-state index in [1.165, 1.54) is 12.7 Å². The highest BCUT2D eigenvalue weighted by Gasteiger charge is 2.42. The number of benzene rings is 1. The smallest absolute Gasteiger partial charge is 0.246 e. The first-order valence-corrected chi connectivity index (χ1v) is 9.94. The molecule has 0 aliphatic carbocycles. The second kappa shape index (κ2) is 9.58. The quantitative estimate of drug-likeness (QED) is 0.730. The number of hydrogen-bond acceptors (Lipinski definition) is 6. The van der Waals surface area contributed by atoms with Crippen molar-refractivity contribution in [2.75, 3.05) is 47.6 Å². The van der Waals surface area contributed by atoms with Crippen LogP contribution in [0.1, 0.15) is 31.2 Å². The molecule has 0 radical (unpaired) electrons. The molecule has 1 aromatic carbocycles. The fourth-order valence-electron chi connectivity index (χ4n) is 4.17. The zero-order chi connectivity index (χ0) is 20.0. The number of piperidine rings is 1. The molecule has 156 valence electrons. The Morgan fingerprint density at radius 1 is 1.18 bits per heavy atom. The molecule has 1 N–H and O–H groups in total. The molecule has 7 heteroatoms. The van der Waals surface area contributed by atoms with Gasteiger partial charge in [-0.05, 0) is 43.4 Å². The van der Waals surface area contributed by atoms with Crippen molar-refractivity contribution in [1.82, 2.24) is 10.2 Å². The highest BCUT2D eigenvalue weighted by molar-refractivity contribution is 5.77. The Balaban J connectivity index is 1.46. The lowest BCUT2D eigenvalue weighted by Gasteiger charge is -2.39. The SMILES string of the molecule is COCC(=O)NC[C@@H]1CCC2(CCN(Cc3ccc(OC)c(OC)c3)CC2)O1. The van der Waals surface area contributed by atoms with Crippen LogP contribution in [0.5, 0.6) is 11.5 Å². The van der Waals surface area contributed by atoms with E-state index in [0.717, 1.165) is 56.8 Å². The molecule has 2 aliphatic heterocycles. The van der Waals surface area contributed by atoms with Crippen LogP contribution in [0.3, 0.4) is 0 Å². The maximum absolute atomic E-state index is 11.6. The van der Waals surface area contributed by atoms with Crippen molar-refractivity contribution < 1.29 is 23.7 Å². The Labute approximate surface area is 167 Å². The highest BCUT2D eigenvalue weighted by Crippen LogP contribution is 2.39. The Bertz CT molecular complexity index is 658. The van der Waals surface area contributed by atoms with E-state index in [2.05, 4.69) is 16.3 Å². The summed E-state index contributed by atoms with van der Waals surface area (Å²) in [5, 5.41) is 2.89. The molecule has 2 heterocycles. The summed E-state index contributed by atoms with van der Waals surface area (Å²) >= 11 is 0. The summed E-state index contributed by atoms with van der Waals surface area (Å²) in [5.41, 5.74) is 1.20. The van der Waals surface area contributed by atoms with Gasteiger partial charge in [-0.25, -0.2) is 0 Å². The Morgan fingerprint density at radius 3 is 2.61 bits per heavy atom. The molecule has 0 saturated carbocycles. The van der Waals surface area contributed by atoms with E-state index in [9.17, 15) is 4.79 Å². The monoisotopic (exact) mass is 392 g/mol. The summed E-state index contributed by atoms with van der Waals surface area (Å²) in [6, 6.07) is 6.10. The molecule has 0 aromatic heterocycles. The zero-order valence-corrected chi connectivity index (χ0v) is 17.2. The van der Waals surface area contributed by atoms with Crippen molar-refractivity contribution in [1.29, 1.82) is 0 Å². The van der Waals surface area contributed by atoms with Gasteiger partial charge >= 0.3 is 0 Å². The minimum atomic E-state index is -0.0863. The number of nitrogens with one attached hydrogen (secondary N) is 1. The molecule has 1 amide bonds. The zero-order valence-electron chi connectivity index (χ0n) is 17.2. The lowest BCUT2D eigenvalue weighted by Crippen LogP contribution is -2.45. The van der Waals surface area contributed by atoms with Crippen molar-refractivity contribution in [2.24, 2.45) is 0 Å². The third-order valence-corrected chi connectivity index (χ3v) is 5.76. The van der Waals surface area contributed by atoms with Gasteiger partial charge in [0.2, 0.25) is 5.91 Å². The van der Waals surface area contributed by atoms with Crippen LogP contribution < -0.4 is 14.8 Å². The fourth-order valence-corrected chi connectivity index (χ4v) is 4.17. The number of ether oxygens (including phenoxy) is 4. The van der Waals surface area contributed by atoms with E-state index in [1.807, 2.05) is 12.1 Å². The molecular formula is C21H32N2O5. The summed E-state index contributed by atoms with van der Waals surface area (Å²) < 4.78 is 21.9. The third-order valence-electron chi connectivity index (χ3n) is 5.76. The van der Waals surface area contributed by atoms with Crippen LogP contribution in [0.15, 0.2) is 18.2 Å². The molecule has 1 aromatic rings. The van der Waals surface area contributed by atoms with E-state index in [4.69, 9.17) is 18.9 Å². The van der Waals surface area contributed by atoms with Crippen molar-refractivity contribution >= 4 is 5.91 Å². The largest absolute Gasteiger partial charge is 0.493 e. The second-order valence-electron chi connectivity index (χ2n) is 7.66. The molecule has 3 rings (SSSR count). The summed E-state index contributed by atoms with van der Waals surface area (Å²) in [5.74, 6) is 1.44. The average Bonchev–Trinajstić information content (AvgIpc) is 3.11. The minimum Gasteiger partial charge on any atom is -0.493 e. The van der Waals surface area contributed by atoms with Gasteiger partial charge in [0.25, 0.3) is 0 Å². The van der Waals surface area contributed by atoms with Crippen LogP contribution in [0.25, 0.3) is 0 Å². The topological polar surface area (TPSA) is 69.3 Å². The highest BCUT2D eigenvalue weighted by atomic mass is 16.5. The molecule has 1 spiro atoms. The number of amides is 1. The van der Waals surface area contributed by atoms with Crippen LogP contribution in [0, 0.1) is 0 Å². The Kier molecular flexibility index (Phi) is 7.15. The number of carbonyl (C=O) groups is 1. The number of nitrogens with zero attached hydrogens (tertiary/aromatic N) is 1. The summed E-state index contributed by atoms with van der Waals surface area (Å²) in [6.07, 6.45) is 4.24. The van der Waals surface area contributed by atoms with Gasteiger partial charge in [0.15, 0.2) is 11.5 Å². The summed E-state index contributed by atoms with van der Waals surface area (Å²) in [7, 11) is 4.84. The van der Waals surface area contributed by atoms with E-state index < -0.39 is 0 Å². The number of hydrogen-bond donors (Lipinski definition) is 1. The summed E-state index contributed by atoms with van der Waals surface area (Å²) in [6.45, 7) is 3.59. The number of carbonyl (C=O) groups excluding carboxylic acids is 1. The fraction of sp³-hybridized carbons (Fsp3) is 0.667. The molecule has 2 aliphatic rings. The third kappa shape index (κ3) is 5.16. The van der Waals surface area contributed by atoms with Crippen molar-refractivity contribution in [3.05, 3.63) is 23.8 Å². The lowest BCUT2D eigenvalue weighted by molar-refractivity contribution is -0.126. The normalized spacial score (nSPS) is 21.6. The van der Waals surface area contributed by atoms with Crippen LogP contribution in [0.2, 0.25) is 0 Å². The van der Waals surface area contributed by atoms with Gasteiger partial charge in [0, 0.05) is 33.3 Å². The van der Waals surface area contributed by atoms with Crippen LogP contribution in [0.4, 0.5) is 0 Å². The van der Waals surface area contributed by atoms with Crippen LogP contribution in [-0.2, 0) is 20.8 Å². The first-order valence-electron chi connectivity index (χ1n) is 9.94. The lowest BCUT2D eigenvalue weighted by atomic mass is 9.88. The first kappa shape index (κ1) is 20.9. The van der Waals surface area contributed by atoms with Crippen molar-refractivity contribution in [3.63, 3.8) is 0 Å². The van der Waals surface area contributed by atoms with Crippen LogP contribution >= 0.6 is 0 Å². The molecule has 0 unspecified atom stereocenters. The standard InChI is InChI=1S/C21H32N2O5/c1-25-15-20(24)22-13-17-6-7-21(28-17)8-10-23(11-9-21)14-16-4-5-18(26-2)19(12-16)27-3/h4-5,12,17H,6-11,13-15H2,1-3H3,(H,22,24)/t17-/m0/s1. The van der Waals surface area contributed by atoms with E-state index in [0.29, 0.717) is 6.54 Å². The summed E-state index contributed by atoms with van der Waals surface area (Å²) in [4.78, 5) is 14.0. The first-order chi connectivity index (χ1) is 13.6. The number of likely N-dealkylation sites (tertiary alicyclic amines) is 1. The molecule has 7 nitrogen and oxygen atoms in total. The number of methoxy groups -OCH3 is 3. The predicted octanol–water partition coefficient (Wildman–Crippen LogP) is 1.98. The molecule has 28 heavy (non-hydrogen) atoms. The maximum atomic E-state index is 11.6. The predicted molar refractivity (Wildman–Crippen MR) is 106 cm³/mol. The average molecular weight is 392 g/mol. The van der Waals surface area contributed by atoms with Gasteiger partial charge in [-0.1, -0.05) is 6.07 Å². The van der Waals surface area contributed by atoms with Gasteiger partial charge in [-0.2, -0.15) is 0 Å². The van der Waals surface area contributed by atoms with Gasteiger partial charge < -0.3 is 24.3 Å². The number of rotatable bonds is 8. The Hall–Kier alpha value is -1.83. The van der Waals surface area contributed by atoms with E-state index in [1.54, 1.807) is 14.2 Å². The maximum Gasteiger partial charge on any atom is 0.246 e. The Morgan fingerprint density at radius 2 is 1.93 bits per heavy atom. The van der Waals surface area contributed by atoms with Gasteiger partial charge in [-0.3, -0.25) is 9.69 Å². The molecule has 2 fully saturated rings. The van der Waals surface area contributed by atoms with Crippen molar-refractivity contribution in [2.45, 2.75) is 43.9 Å². The van der Waals surface area contributed by atoms with Crippen molar-refractivity contribution in [3.8, 4) is 11.5 Å². The van der Waals surface area contributed by atoms with E-state index in [-0.39, 0.29) is 24.2 Å². The molecular weight excluding hydrogens is 360 g/mol. The van der Waals surface area contributed by atoms with Crippen LogP contribution in [-0.4, -0.2) is 70.1 Å². The van der Waals surface area contributed by atoms with Gasteiger partial charge in [0.05, 0.1) is 25.9 Å².